The second-order valence-electron chi connectivity index (χ2n) is 4.10. The highest BCUT2D eigenvalue weighted by Crippen LogP contribution is 2.02. The molecular formula is C14H28O4. The second kappa shape index (κ2) is 14.5. The predicted octanol–water partition coefficient (Wildman–Crippen LogP) is 3.47. The summed E-state index contributed by atoms with van der Waals surface area (Å²) in [4.78, 5) is 0. The largest absolute Gasteiger partial charge is 0.475 e. The topological polar surface area (TPSA) is 36.9 Å². The maximum absolute atomic E-state index is 5.33. The number of rotatable bonds is 13. The lowest BCUT2D eigenvalue weighted by Crippen LogP contribution is -2.11. The molecule has 18 heavy (non-hydrogen) atoms. The number of allylic oxidation sites excluding steroid dienone is 1. The Morgan fingerprint density at radius 1 is 1.06 bits per heavy atom. The summed E-state index contributed by atoms with van der Waals surface area (Å²) >= 11 is 0. The molecule has 0 aromatic carbocycles. The van der Waals surface area contributed by atoms with Crippen LogP contribution in [0.4, 0.5) is 0 Å². The van der Waals surface area contributed by atoms with Crippen LogP contribution >= 0.6 is 0 Å². The summed E-state index contributed by atoms with van der Waals surface area (Å²) < 4.78 is 20.7. The maximum atomic E-state index is 5.33. The molecule has 0 atom stereocenters. The molecule has 0 unspecified atom stereocenters. The highest BCUT2D eigenvalue weighted by atomic mass is 16.7. The van der Waals surface area contributed by atoms with Gasteiger partial charge in [0.25, 0.3) is 0 Å². The molecule has 0 radical (unpaired) electrons. The van der Waals surface area contributed by atoms with E-state index in [1.54, 1.807) is 20.5 Å². The minimum Gasteiger partial charge on any atom is -0.475 e. The summed E-state index contributed by atoms with van der Waals surface area (Å²) in [5.41, 5.74) is 0. The molecule has 108 valence electrons. The Bertz CT molecular complexity index is 179. The number of unbranched alkanes of at least 4 members (excludes halogenated alkanes) is 3. The predicted molar refractivity (Wildman–Crippen MR) is 72.2 cm³/mol. The van der Waals surface area contributed by atoms with Gasteiger partial charge in [-0.15, -0.1) is 0 Å². The molecule has 0 N–H and O–H groups in total. The van der Waals surface area contributed by atoms with Crippen LogP contribution in [0, 0.1) is 0 Å². The SMILES string of the molecule is CCCCCCOCOC=CCCC(OC)OC. The van der Waals surface area contributed by atoms with Crippen molar-refractivity contribution in [2.24, 2.45) is 0 Å². The molecule has 0 aromatic rings. The lowest BCUT2D eigenvalue weighted by molar-refractivity contribution is -0.105. The van der Waals surface area contributed by atoms with Crippen molar-refractivity contribution < 1.29 is 18.9 Å². The molecule has 0 spiro atoms. The second-order valence-corrected chi connectivity index (χ2v) is 4.10. The van der Waals surface area contributed by atoms with E-state index in [2.05, 4.69) is 6.92 Å². The van der Waals surface area contributed by atoms with Gasteiger partial charge < -0.3 is 18.9 Å². The molecule has 4 heteroatoms. The Morgan fingerprint density at radius 2 is 1.83 bits per heavy atom. The first-order chi connectivity index (χ1) is 8.85. The normalized spacial score (nSPS) is 11.6. The van der Waals surface area contributed by atoms with Crippen LogP contribution in [0.3, 0.4) is 0 Å². The number of hydrogen-bond acceptors (Lipinski definition) is 4. The third-order valence-electron chi connectivity index (χ3n) is 2.58. The molecule has 0 saturated carbocycles. The standard InChI is InChI=1S/C14H28O4/c1-4-5-6-8-11-17-13-18-12-9-7-10-14(15-2)16-3/h9,12,14H,4-8,10-11,13H2,1-3H3. The van der Waals surface area contributed by atoms with Crippen molar-refractivity contribution >= 4 is 0 Å². The smallest absolute Gasteiger partial charge is 0.188 e. The minimum absolute atomic E-state index is 0.135. The zero-order chi connectivity index (χ0) is 13.5. The quantitative estimate of drug-likeness (QED) is 0.289. The molecule has 0 amide bonds. The summed E-state index contributed by atoms with van der Waals surface area (Å²) in [5.74, 6) is 0. The number of ether oxygens (including phenoxy) is 4. The monoisotopic (exact) mass is 260 g/mol. The van der Waals surface area contributed by atoms with Crippen molar-refractivity contribution in [3.63, 3.8) is 0 Å². The van der Waals surface area contributed by atoms with Crippen molar-refractivity contribution in [2.75, 3.05) is 27.6 Å². The molecule has 0 bridgehead atoms. The van der Waals surface area contributed by atoms with Crippen molar-refractivity contribution in [3.8, 4) is 0 Å². The Balaban J connectivity index is 3.18. The number of methoxy groups -OCH3 is 2. The van der Waals surface area contributed by atoms with Crippen LogP contribution in [0.2, 0.25) is 0 Å². The van der Waals surface area contributed by atoms with E-state index in [1.165, 1.54) is 19.3 Å². The molecule has 0 aliphatic heterocycles. The minimum atomic E-state index is -0.135. The lowest BCUT2D eigenvalue weighted by atomic mass is 10.2. The molecule has 4 nitrogen and oxygen atoms in total. The highest BCUT2D eigenvalue weighted by Gasteiger charge is 2.01. The molecule has 0 aliphatic carbocycles. The molecule has 0 saturated heterocycles. The van der Waals surface area contributed by atoms with E-state index in [0.29, 0.717) is 6.79 Å². The third kappa shape index (κ3) is 11.9. The molecular weight excluding hydrogens is 232 g/mol. The van der Waals surface area contributed by atoms with Crippen molar-refractivity contribution in [1.82, 2.24) is 0 Å². The van der Waals surface area contributed by atoms with Crippen molar-refractivity contribution in [3.05, 3.63) is 12.3 Å². The fraction of sp³-hybridized carbons (Fsp3) is 0.857. The van der Waals surface area contributed by atoms with Gasteiger partial charge in [0.2, 0.25) is 0 Å². The maximum Gasteiger partial charge on any atom is 0.188 e. The van der Waals surface area contributed by atoms with E-state index in [1.807, 2.05) is 6.08 Å². The third-order valence-corrected chi connectivity index (χ3v) is 2.58. The summed E-state index contributed by atoms with van der Waals surface area (Å²) in [7, 11) is 3.28. The van der Waals surface area contributed by atoms with Crippen LogP contribution < -0.4 is 0 Å². The van der Waals surface area contributed by atoms with Gasteiger partial charge in [-0.3, -0.25) is 0 Å². The van der Waals surface area contributed by atoms with Gasteiger partial charge in [0.15, 0.2) is 13.1 Å². The van der Waals surface area contributed by atoms with Crippen LogP contribution in [0.1, 0.15) is 45.4 Å². The van der Waals surface area contributed by atoms with Crippen LogP contribution in [0.25, 0.3) is 0 Å². The molecule has 0 aromatic heterocycles. The Morgan fingerprint density at radius 3 is 2.50 bits per heavy atom. The molecule has 0 heterocycles. The first-order valence-corrected chi connectivity index (χ1v) is 6.75. The van der Waals surface area contributed by atoms with E-state index < -0.39 is 0 Å². The van der Waals surface area contributed by atoms with Crippen LogP contribution in [-0.4, -0.2) is 33.9 Å². The van der Waals surface area contributed by atoms with E-state index in [4.69, 9.17) is 18.9 Å². The Labute approximate surface area is 111 Å². The first kappa shape index (κ1) is 17.4. The van der Waals surface area contributed by atoms with Gasteiger partial charge in [0.05, 0.1) is 12.9 Å². The van der Waals surface area contributed by atoms with E-state index in [-0.39, 0.29) is 6.29 Å². The van der Waals surface area contributed by atoms with Gasteiger partial charge in [-0.05, 0) is 18.9 Å². The van der Waals surface area contributed by atoms with Crippen molar-refractivity contribution in [2.45, 2.75) is 51.7 Å². The zero-order valence-electron chi connectivity index (χ0n) is 12.0. The van der Waals surface area contributed by atoms with Gasteiger partial charge in [-0.1, -0.05) is 26.2 Å². The summed E-state index contributed by atoms with van der Waals surface area (Å²) in [5, 5.41) is 0. The van der Waals surface area contributed by atoms with Gasteiger partial charge in [0.1, 0.15) is 0 Å². The van der Waals surface area contributed by atoms with E-state index >= 15 is 0 Å². The lowest BCUT2D eigenvalue weighted by Gasteiger charge is -2.11. The van der Waals surface area contributed by atoms with Gasteiger partial charge in [-0.2, -0.15) is 0 Å². The summed E-state index contributed by atoms with van der Waals surface area (Å²) in [6, 6.07) is 0. The van der Waals surface area contributed by atoms with Crippen LogP contribution in [0.5, 0.6) is 0 Å². The fourth-order valence-corrected chi connectivity index (χ4v) is 1.48. The molecule has 0 rings (SSSR count). The van der Waals surface area contributed by atoms with Crippen LogP contribution in [-0.2, 0) is 18.9 Å². The number of hydrogen-bond donors (Lipinski definition) is 0. The Hall–Kier alpha value is -0.580. The van der Waals surface area contributed by atoms with E-state index in [9.17, 15) is 0 Å². The van der Waals surface area contributed by atoms with Gasteiger partial charge in [-0.25, -0.2) is 0 Å². The first-order valence-electron chi connectivity index (χ1n) is 6.75. The summed E-state index contributed by atoms with van der Waals surface area (Å²) in [6.07, 6.45) is 10.1. The van der Waals surface area contributed by atoms with Gasteiger partial charge in [0, 0.05) is 20.6 Å². The average Bonchev–Trinajstić information content (AvgIpc) is 2.40. The van der Waals surface area contributed by atoms with Crippen molar-refractivity contribution in [1.29, 1.82) is 0 Å². The molecule has 0 fully saturated rings. The van der Waals surface area contributed by atoms with Crippen LogP contribution in [0.15, 0.2) is 12.3 Å². The zero-order valence-corrected chi connectivity index (χ0v) is 12.0. The van der Waals surface area contributed by atoms with Gasteiger partial charge >= 0.3 is 0 Å². The fourth-order valence-electron chi connectivity index (χ4n) is 1.48. The summed E-state index contributed by atoms with van der Waals surface area (Å²) in [6.45, 7) is 3.32. The highest BCUT2D eigenvalue weighted by molar-refractivity contribution is 4.73. The average molecular weight is 260 g/mol. The van der Waals surface area contributed by atoms with E-state index in [0.717, 1.165) is 25.9 Å². The Kier molecular flexibility index (Phi) is 14.0. The molecule has 0 aliphatic rings.